The van der Waals surface area contributed by atoms with Crippen LogP contribution in [0.2, 0.25) is 0 Å². The molecule has 0 saturated carbocycles. The largest absolute Gasteiger partial charge is 0.322 e. The molecule has 1 rings (SSSR count). The molecule has 0 radical (unpaired) electrons. The molecule has 24 heavy (non-hydrogen) atoms. The van der Waals surface area contributed by atoms with Gasteiger partial charge in [0.15, 0.2) is 0 Å². The molecular weight excluding hydrogens is 294 g/mol. The van der Waals surface area contributed by atoms with Crippen LogP contribution in [-0.4, -0.2) is 5.91 Å². The molecule has 0 aliphatic rings. The van der Waals surface area contributed by atoms with E-state index in [0.717, 1.165) is 12.1 Å². The Kier molecular flexibility index (Phi) is 11.8. The smallest absolute Gasteiger partial charge is 0.247 e. The molecule has 2 nitrogen and oxygen atoms in total. The molecule has 2 heteroatoms. The zero-order valence-electron chi connectivity index (χ0n) is 15.5. The van der Waals surface area contributed by atoms with Crippen LogP contribution in [-0.2, 0) is 11.2 Å². The van der Waals surface area contributed by atoms with Gasteiger partial charge in [-0.15, -0.1) is 0 Å². The summed E-state index contributed by atoms with van der Waals surface area (Å²) in [7, 11) is 0. The van der Waals surface area contributed by atoms with Gasteiger partial charge in [0.2, 0.25) is 5.91 Å². The van der Waals surface area contributed by atoms with Crippen LogP contribution < -0.4 is 5.32 Å². The van der Waals surface area contributed by atoms with Gasteiger partial charge in [-0.3, -0.25) is 4.79 Å². The van der Waals surface area contributed by atoms with E-state index in [1.54, 1.807) is 0 Å². The maximum Gasteiger partial charge on any atom is 0.247 e. The first-order chi connectivity index (χ1) is 11.8. The molecule has 1 aromatic carbocycles. The lowest BCUT2D eigenvalue weighted by Crippen LogP contribution is -2.09. The van der Waals surface area contributed by atoms with Crippen LogP contribution >= 0.6 is 0 Å². The number of carbonyl (C=O) groups is 1. The number of aryl methyl sites for hydroxylation is 1. The number of benzene rings is 1. The second-order valence-corrected chi connectivity index (χ2v) is 6.64. The van der Waals surface area contributed by atoms with Crippen molar-refractivity contribution in [3.05, 3.63) is 42.5 Å². The Morgan fingerprint density at radius 2 is 1.46 bits per heavy atom. The van der Waals surface area contributed by atoms with Gasteiger partial charge in [-0.25, -0.2) is 0 Å². The van der Waals surface area contributed by atoms with Gasteiger partial charge in [-0.05, 0) is 30.5 Å². The number of carbonyl (C=O) groups excluding carboxylic acids is 1. The summed E-state index contributed by atoms with van der Waals surface area (Å²) in [6.07, 6.45) is 17.3. The third-order valence-electron chi connectivity index (χ3n) is 4.51. The van der Waals surface area contributed by atoms with E-state index in [1.165, 1.54) is 82.3 Å². The van der Waals surface area contributed by atoms with E-state index in [0.29, 0.717) is 0 Å². The van der Waals surface area contributed by atoms with Crippen LogP contribution in [0.15, 0.2) is 36.9 Å². The van der Waals surface area contributed by atoms with E-state index >= 15 is 0 Å². The summed E-state index contributed by atoms with van der Waals surface area (Å²) in [6.45, 7) is 5.78. The summed E-state index contributed by atoms with van der Waals surface area (Å²) in [4.78, 5) is 11.5. The molecule has 1 N–H and O–H groups in total. The lowest BCUT2D eigenvalue weighted by atomic mass is 10.0. The Bertz CT molecular complexity index is 467. The first-order valence-corrected chi connectivity index (χ1v) is 9.79. The number of hydrogen-bond donors (Lipinski definition) is 1. The zero-order chi connectivity index (χ0) is 17.5. The first-order valence-electron chi connectivity index (χ1n) is 9.79. The third kappa shape index (κ3) is 9.54. The fourth-order valence-corrected chi connectivity index (χ4v) is 3.02. The van der Waals surface area contributed by atoms with Gasteiger partial charge in [-0.1, -0.05) is 95.9 Å². The quantitative estimate of drug-likeness (QED) is 0.300. The maximum absolute atomic E-state index is 11.5. The van der Waals surface area contributed by atoms with Crippen LogP contribution in [0.5, 0.6) is 0 Å². The minimum absolute atomic E-state index is 0.138. The Morgan fingerprint density at radius 1 is 0.917 bits per heavy atom. The van der Waals surface area contributed by atoms with Crippen molar-refractivity contribution >= 4 is 11.6 Å². The fourth-order valence-electron chi connectivity index (χ4n) is 3.02. The Morgan fingerprint density at radius 3 is 2.04 bits per heavy atom. The second kappa shape index (κ2) is 13.8. The standard InChI is InChI=1S/C22H35NO/c1-3-5-6-7-8-9-10-11-12-13-14-17-20-18-15-16-19-21(20)23-22(24)4-2/h4,15-16,18-19H,2-3,5-14,17H2,1H3,(H,23,24). The number of amides is 1. The number of para-hydroxylation sites is 1. The van der Waals surface area contributed by atoms with Crippen molar-refractivity contribution in [2.45, 2.75) is 84.0 Å². The molecule has 0 saturated heterocycles. The van der Waals surface area contributed by atoms with Crippen molar-refractivity contribution in [1.29, 1.82) is 0 Å². The van der Waals surface area contributed by atoms with Crippen molar-refractivity contribution in [1.82, 2.24) is 0 Å². The number of anilines is 1. The summed E-state index contributed by atoms with van der Waals surface area (Å²) in [5.74, 6) is -0.138. The number of unbranched alkanes of at least 4 members (excludes halogenated alkanes) is 10. The van der Waals surface area contributed by atoms with Crippen molar-refractivity contribution < 1.29 is 4.79 Å². The molecule has 0 fully saturated rings. The lowest BCUT2D eigenvalue weighted by Gasteiger charge is -2.09. The van der Waals surface area contributed by atoms with Crippen LogP contribution in [0.25, 0.3) is 0 Å². The molecule has 0 spiro atoms. The first kappa shape index (κ1) is 20.5. The summed E-state index contributed by atoms with van der Waals surface area (Å²) < 4.78 is 0. The molecule has 1 aromatic rings. The number of hydrogen-bond acceptors (Lipinski definition) is 1. The molecule has 0 heterocycles. The van der Waals surface area contributed by atoms with Gasteiger partial charge in [0.05, 0.1) is 0 Å². The SMILES string of the molecule is C=CC(=O)Nc1ccccc1CCCCCCCCCCCCC. The predicted molar refractivity (Wildman–Crippen MR) is 105 cm³/mol. The molecule has 0 atom stereocenters. The molecule has 0 bridgehead atoms. The third-order valence-corrected chi connectivity index (χ3v) is 4.51. The monoisotopic (exact) mass is 329 g/mol. The average Bonchev–Trinajstić information content (AvgIpc) is 2.60. The van der Waals surface area contributed by atoms with Crippen LogP contribution in [0.1, 0.15) is 83.1 Å². The highest BCUT2D eigenvalue weighted by Gasteiger charge is 2.03. The zero-order valence-corrected chi connectivity index (χ0v) is 15.5. The molecule has 1 amide bonds. The summed E-state index contributed by atoms with van der Waals surface area (Å²) in [5, 5.41) is 2.89. The summed E-state index contributed by atoms with van der Waals surface area (Å²) in [5.41, 5.74) is 2.15. The second-order valence-electron chi connectivity index (χ2n) is 6.64. The highest BCUT2D eigenvalue weighted by Crippen LogP contribution is 2.19. The minimum atomic E-state index is -0.138. The van der Waals surface area contributed by atoms with E-state index in [9.17, 15) is 4.79 Å². The van der Waals surface area contributed by atoms with Crippen LogP contribution in [0.4, 0.5) is 5.69 Å². The van der Waals surface area contributed by atoms with Gasteiger partial charge in [0.25, 0.3) is 0 Å². The fraction of sp³-hybridized carbons (Fsp3) is 0.591. The van der Waals surface area contributed by atoms with E-state index in [2.05, 4.69) is 24.9 Å². The van der Waals surface area contributed by atoms with Gasteiger partial charge < -0.3 is 5.32 Å². The predicted octanol–water partition coefficient (Wildman–Crippen LogP) is 6.66. The molecular formula is C22H35NO. The van der Waals surface area contributed by atoms with E-state index in [1.807, 2.05) is 18.2 Å². The average molecular weight is 330 g/mol. The van der Waals surface area contributed by atoms with E-state index in [4.69, 9.17) is 0 Å². The topological polar surface area (TPSA) is 29.1 Å². The van der Waals surface area contributed by atoms with Crippen molar-refractivity contribution in [3.8, 4) is 0 Å². The van der Waals surface area contributed by atoms with Gasteiger partial charge in [-0.2, -0.15) is 0 Å². The maximum atomic E-state index is 11.5. The van der Waals surface area contributed by atoms with Gasteiger partial charge >= 0.3 is 0 Å². The molecule has 0 unspecified atom stereocenters. The molecule has 0 aliphatic carbocycles. The van der Waals surface area contributed by atoms with Crippen LogP contribution in [0.3, 0.4) is 0 Å². The van der Waals surface area contributed by atoms with E-state index < -0.39 is 0 Å². The highest BCUT2D eigenvalue weighted by molar-refractivity contribution is 5.99. The molecule has 0 aliphatic heterocycles. The molecule has 0 aromatic heterocycles. The number of rotatable bonds is 14. The Balaban J connectivity index is 2.09. The Labute approximate surface area is 148 Å². The van der Waals surface area contributed by atoms with Crippen molar-refractivity contribution in [2.75, 3.05) is 5.32 Å². The normalized spacial score (nSPS) is 10.5. The summed E-state index contributed by atoms with van der Waals surface area (Å²) in [6, 6.07) is 8.07. The minimum Gasteiger partial charge on any atom is -0.322 e. The summed E-state index contributed by atoms with van der Waals surface area (Å²) >= 11 is 0. The van der Waals surface area contributed by atoms with Crippen molar-refractivity contribution in [3.63, 3.8) is 0 Å². The highest BCUT2D eigenvalue weighted by atomic mass is 16.1. The Hall–Kier alpha value is -1.57. The van der Waals surface area contributed by atoms with Crippen molar-refractivity contribution in [2.24, 2.45) is 0 Å². The number of nitrogens with one attached hydrogen (secondary N) is 1. The van der Waals surface area contributed by atoms with Gasteiger partial charge in [0, 0.05) is 5.69 Å². The van der Waals surface area contributed by atoms with Gasteiger partial charge in [0.1, 0.15) is 0 Å². The van der Waals surface area contributed by atoms with Crippen LogP contribution in [0, 0.1) is 0 Å². The lowest BCUT2D eigenvalue weighted by molar-refractivity contribution is -0.111. The molecule has 134 valence electrons. The van der Waals surface area contributed by atoms with E-state index in [-0.39, 0.29) is 5.91 Å².